The number of hydrogen-bond donors (Lipinski definition) is 2. The summed E-state index contributed by atoms with van der Waals surface area (Å²) in [7, 11) is 0. The molecule has 2 N–H and O–H groups in total. The van der Waals surface area contributed by atoms with Gasteiger partial charge in [0.2, 0.25) is 0 Å². The highest BCUT2D eigenvalue weighted by molar-refractivity contribution is 5.98. The molecule has 1 aromatic heterocycles. The molecule has 0 spiro atoms. The Kier molecular flexibility index (Phi) is 2.72. The van der Waals surface area contributed by atoms with Gasteiger partial charge in [0.1, 0.15) is 11.8 Å². The molecule has 1 amide bonds. The molecule has 100 valence electrons. The van der Waals surface area contributed by atoms with Gasteiger partial charge in [-0.25, -0.2) is 0 Å². The van der Waals surface area contributed by atoms with E-state index in [-0.39, 0.29) is 5.91 Å². The number of ether oxygens (including phenoxy) is 1. The van der Waals surface area contributed by atoms with Crippen LogP contribution in [0.5, 0.6) is 5.75 Å². The van der Waals surface area contributed by atoms with Crippen LogP contribution in [0.4, 0.5) is 5.69 Å². The number of carbonyl (C=O) groups is 1. The Labute approximate surface area is 116 Å². The molecule has 1 aromatic carbocycles. The van der Waals surface area contributed by atoms with Gasteiger partial charge in [-0.3, -0.25) is 4.79 Å². The molecule has 3 rings (SSSR count). The number of fused-ring (bicyclic) bond motifs is 1. The van der Waals surface area contributed by atoms with E-state index in [9.17, 15) is 4.79 Å². The Morgan fingerprint density at radius 2 is 2.15 bits per heavy atom. The van der Waals surface area contributed by atoms with E-state index in [1.807, 2.05) is 25.1 Å². The molecule has 5 heteroatoms. The molecule has 1 atom stereocenters. The third-order valence-corrected chi connectivity index (χ3v) is 3.36. The largest absolute Gasteiger partial charge is 0.479 e. The number of amides is 1. The van der Waals surface area contributed by atoms with E-state index in [0.717, 1.165) is 17.0 Å². The zero-order valence-electron chi connectivity index (χ0n) is 11.2. The molecule has 2 aromatic rings. The summed E-state index contributed by atoms with van der Waals surface area (Å²) in [5.41, 5.74) is 3.83. The van der Waals surface area contributed by atoms with Crippen LogP contribution in [0.25, 0.3) is 11.3 Å². The standard InChI is InChI=1S/C15H13N3O2/c1-8-11(7-16)6-12(17-8)10-3-4-14-13(5-10)18-15(19)9(2)20-14/h3-6,9,17H,1-2H3,(H,18,19). The van der Waals surface area contributed by atoms with Crippen LogP contribution in [-0.2, 0) is 4.79 Å². The van der Waals surface area contributed by atoms with Gasteiger partial charge in [0.15, 0.2) is 6.10 Å². The number of aryl methyl sites for hydroxylation is 1. The molecule has 0 saturated carbocycles. The molecule has 1 aliphatic heterocycles. The van der Waals surface area contributed by atoms with Crippen LogP contribution in [0, 0.1) is 18.3 Å². The van der Waals surface area contributed by atoms with Crippen LogP contribution in [0.3, 0.4) is 0 Å². The molecule has 1 aliphatic rings. The number of H-pyrrole nitrogens is 1. The fraction of sp³-hybridized carbons (Fsp3) is 0.200. The minimum absolute atomic E-state index is 0.157. The van der Waals surface area contributed by atoms with Gasteiger partial charge < -0.3 is 15.0 Å². The van der Waals surface area contributed by atoms with Crippen molar-refractivity contribution in [3.63, 3.8) is 0 Å². The highest BCUT2D eigenvalue weighted by Gasteiger charge is 2.23. The Morgan fingerprint density at radius 3 is 2.85 bits per heavy atom. The maximum absolute atomic E-state index is 11.6. The summed E-state index contributed by atoms with van der Waals surface area (Å²) < 4.78 is 5.51. The predicted molar refractivity (Wildman–Crippen MR) is 74.4 cm³/mol. The number of hydrogen-bond acceptors (Lipinski definition) is 3. The molecule has 20 heavy (non-hydrogen) atoms. The van der Waals surface area contributed by atoms with Crippen molar-refractivity contribution in [1.29, 1.82) is 5.26 Å². The minimum atomic E-state index is -0.480. The van der Waals surface area contributed by atoms with Crippen molar-refractivity contribution in [3.05, 3.63) is 35.5 Å². The monoisotopic (exact) mass is 267 g/mol. The van der Waals surface area contributed by atoms with E-state index in [1.165, 1.54) is 0 Å². The first-order chi connectivity index (χ1) is 9.58. The van der Waals surface area contributed by atoms with Crippen molar-refractivity contribution in [3.8, 4) is 23.1 Å². The molecule has 0 radical (unpaired) electrons. The molecule has 0 aliphatic carbocycles. The van der Waals surface area contributed by atoms with Crippen molar-refractivity contribution in [2.45, 2.75) is 20.0 Å². The minimum Gasteiger partial charge on any atom is -0.479 e. The zero-order valence-corrected chi connectivity index (χ0v) is 11.2. The summed E-state index contributed by atoms with van der Waals surface area (Å²) in [6.07, 6.45) is -0.480. The predicted octanol–water partition coefficient (Wildman–Crippen LogP) is 2.58. The van der Waals surface area contributed by atoms with E-state index in [4.69, 9.17) is 10.00 Å². The summed E-state index contributed by atoms with van der Waals surface area (Å²) >= 11 is 0. The van der Waals surface area contributed by atoms with Crippen molar-refractivity contribution in [2.75, 3.05) is 5.32 Å². The fourth-order valence-corrected chi connectivity index (χ4v) is 2.21. The van der Waals surface area contributed by atoms with E-state index in [0.29, 0.717) is 17.0 Å². The van der Waals surface area contributed by atoms with Crippen molar-refractivity contribution in [2.24, 2.45) is 0 Å². The van der Waals surface area contributed by atoms with Gasteiger partial charge in [0.25, 0.3) is 5.91 Å². The molecule has 1 unspecified atom stereocenters. The van der Waals surface area contributed by atoms with Gasteiger partial charge in [-0.05, 0) is 38.1 Å². The van der Waals surface area contributed by atoms with Crippen LogP contribution < -0.4 is 10.1 Å². The zero-order chi connectivity index (χ0) is 14.3. The smallest absolute Gasteiger partial charge is 0.265 e. The molecule has 0 bridgehead atoms. The molecule has 0 fully saturated rings. The SMILES string of the molecule is Cc1[nH]c(-c2ccc3c(c2)NC(=O)C(C)O3)cc1C#N. The summed E-state index contributed by atoms with van der Waals surface area (Å²) in [5.74, 6) is 0.500. The Morgan fingerprint density at radius 1 is 1.35 bits per heavy atom. The van der Waals surface area contributed by atoms with Gasteiger partial charge in [0.05, 0.1) is 11.3 Å². The molecular formula is C15H13N3O2. The second-order valence-electron chi connectivity index (χ2n) is 4.79. The van der Waals surface area contributed by atoms with E-state index < -0.39 is 6.10 Å². The molecule has 5 nitrogen and oxygen atoms in total. The van der Waals surface area contributed by atoms with E-state index in [1.54, 1.807) is 13.0 Å². The van der Waals surface area contributed by atoms with Crippen LogP contribution in [0.1, 0.15) is 18.2 Å². The molecule has 2 heterocycles. The lowest BCUT2D eigenvalue weighted by Crippen LogP contribution is -2.34. The normalized spacial score (nSPS) is 16.9. The fourth-order valence-electron chi connectivity index (χ4n) is 2.21. The third kappa shape index (κ3) is 1.91. The van der Waals surface area contributed by atoms with Gasteiger partial charge in [0, 0.05) is 17.0 Å². The highest BCUT2D eigenvalue weighted by atomic mass is 16.5. The van der Waals surface area contributed by atoms with E-state index >= 15 is 0 Å². The van der Waals surface area contributed by atoms with Crippen molar-refractivity contribution < 1.29 is 9.53 Å². The van der Waals surface area contributed by atoms with Crippen LogP contribution in [0.2, 0.25) is 0 Å². The van der Waals surface area contributed by atoms with Gasteiger partial charge >= 0.3 is 0 Å². The molecular weight excluding hydrogens is 254 g/mol. The van der Waals surface area contributed by atoms with E-state index in [2.05, 4.69) is 16.4 Å². The third-order valence-electron chi connectivity index (χ3n) is 3.36. The topological polar surface area (TPSA) is 77.9 Å². The Bertz CT molecular complexity index is 740. The first-order valence-electron chi connectivity index (χ1n) is 6.30. The quantitative estimate of drug-likeness (QED) is 0.833. The number of rotatable bonds is 1. The van der Waals surface area contributed by atoms with Gasteiger partial charge in [-0.1, -0.05) is 0 Å². The summed E-state index contributed by atoms with van der Waals surface area (Å²) in [4.78, 5) is 14.8. The van der Waals surface area contributed by atoms with Crippen LogP contribution in [-0.4, -0.2) is 17.0 Å². The number of nitriles is 1. The van der Waals surface area contributed by atoms with Gasteiger partial charge in [-0.15, -0.1) is 0 Å². The first kappa shape index (κ1) is 12.3. The van der Waals surface area contributed by atoms with Gasteiger partial charge in [-0.2, -0.15) is 5.26 Å². The summed E-state index contributed by atoms with van der Waals surface area (Å²) in [6, 6.07) is 9.49. The lowest BCUT2D eigenvalue weighted by Gasteiger charge is -2.23. The Balaban J connectivity index is 2.02. The maximum atomic E-state index is 11.6. The lowest BCUT2D eigenvalue weighted by molar-refractivity contribution is -0.122. The summed E-state index contributed by atoms with van der Waals surface area (Å²) in [5, 5.41) is 11.8. The number of carbonyl (C=O) groups excluding carboxylic acids is 1. The second-order valence-corrected chi connectivity index (χ2v) is 4.79. The average Bonchev–Trinajstić information content (AvgIpc) is 2.81. The highest BCUT2D eigenvalue weighted by Crippen LogP contribution is 2.34. The van der Waals surface area contributed by atoms with Crippen LogP contribution >= 0.6 is 0 Å². The number of aromatic nitrogens is 1. The summed E-state index contributed by atoms with van der Waals surface area (Å²) in [6.45, 7) is 3.56. The number of benzene rings is 1. The molecule has 0 saturated heterocycles. The van der Waals surface area contributed by atoms with Crippen molar-refractivity contribution >= 4 is 11.6 Å². The lowest BCUT2D eigenvalue weighted by atomic mass is 10.1. The number of nitrogens with zero attached hydrogens (tertiary/aromatic N) is 1. The Hall–Kier alpha value is -2.74. The van der Waals surface area contributed by atoms with Crippen molar-refractivity contribution in [1.82, 2.24) is 4.98 Å². The number of anilines is 1. The number of nitrogens with one attached hydrogen (secondary N) is 2. The maximum Gasteiger partial charge on any atom is 0.265 e. The first-order valence-corrected chi connectivity index (χ1v) is 6.30. The average molecular weight is 267 g/mol. The second kappa shape index (κ2) is 4.42. The number of aromatic amines is 1. The van der Waals surface area contributed by atoms with Crippen LogP contribution in [0.15, 0.2) is 24.3 Å².